The zero-order chi connectivity index (χ0) is 21.5. The Kier molecular flexibility index (Phi) is 5.53. The van der Waals surface area contributed by atoms with Crippen molar-refractivity contribution in [1.29, 1.82) is 0 Å². The van der Waals surface area contributed by atoms with Crippen molar-refractivity contribution in [3.8, 4) is 0 Å². The van der Waals surface area contributed by atoms with Crippen LogP contribution in [0.2, 0.25) is 0 Å². The summed E-state index contributed by atoms with van der Waals surface area (Å²) in [5.74, 6) is 0. The minimum Gasteiger partial charge on any atom is -0.355 e. The van der Waals surface area contributed by atoms with E-state index in [0.717, 1.165) is 13.1 Å². The van der Waals surface area contributed by atoms with E-state index in [2.05, 4.69) is 104 Å². The highest BCUT2D eigenvalue weighted by molar-refractivity contribution is 8.03. The molecule has 1 unspecified atom stereocenters. The van der Waals surface area contributed by atoms with Gasteiger partial charge in [-0.3, -0.25) is 0 Å². The molecule has 0 saturated carbocycles. The van der Waals surface area contributed by atoms with Crippen molar-refractivity contribution >= 4 is 45.7 Å². The lowest BCUT2D eigenvalue weighted by Crippen LogP contribution is -2.27. The van der Waals surface area contributed by atoms with Crippen LogP contribution < -0.4 is 9.80 Å². The van der Waals surface area contributed by atoms with Crippen LogP contribution in [0, 0.1) is 13.8 Å². The van der Waals surface area contributed by atoms with Gasteiger partial charge >= 0.3 is 0 Å². The summed E-state index contributed by atoms with van der Waals surface area (Å²) in [4.78, 5) is 7.71. The van der Waals surface area contributed by atoms with Crippen LogP contribution in [0.15, 0.2) is 81.6 Å². The second-order valence-corrected chi connectivity index (χ2v) is 10.3. The number of aryl methyl sites for hydroxylation is 2. The van der Waals surface area contributed by atoms with Crippen LogP contribution in [-0.2, 0) is 0 Å². The van der Waals surface area contributed by atoms with E-state index >= 15 is 0 Å². The van der Waals surface area contributed by atoms with Crippen molar-refractivity contribution in [3.05, 3.63) is 82.9 Å². The molecule has 2 aliphatic rings. The van der Waals surface area contributed by atoms with Gasteiger partial charge in [-0.25, -0.2) is 0 Å². The SMILES string of the molecule is CCN1/C(=C/C=C/C2Sc3c(ccc4ccccc34)N2CC)Sc2cc(C)c(C)cc21. The van der Waals surface area contributed by atoms with Crippen molar-refractivity contribution < 1.29 is 0 Å². The zero-order valence-electron chi connectivity index (χ0n) is 18.6. The molecule has 2 nitrogen and oxygen atoms in total. The maximum Gasteiger partial charge on any atom is 0.0986 e. The highest BCUT2D eigenvalue weighted by Gasteiger charge is 2.29. The van der Waals surface area contributed by atoms with Gasteiger partial charge in [0, 0.05) is 22.9 Å². The van der Waals surface area contributed by atoms with Crippen LogP contribution in [0.25, 0.3) is 10.8 Å². The van der Waals surface area contributed by atoms with Crippen LogP contribution in [0.1, 0.15) is 25.0 Å². The molecule has 3 aromatic rings. The molecule has 158 valence electrons. The number of rotatable bonds is 4. The molecule has 0 spiro atoms. The average Bonchev–Trinajstić information content (AvgIpc) is 3.31. The normalized spacial score (nSPS) is 19.1. The van der Waals surface area contributed by atoms with Gasteiger partial charge in [0.2, 0.25) is 0 Å². The first kappa shape index (κ1) is 20.6. The average molecular weight is 445 g/mol. The van der Waals surface area contributed by atoms with Gasteiger partial charge in [0.15, 0.2) is 0 Å². The Morgan fingerprint density at radius 1 is 0.935 bits per heavy atom. The first-order valence-corrected chi connectivity index (χ1v) is 12.7. The molecule has 0 aliphatic carbocycles. The summed E-state index contributed by atoms with van der Waals surface area (Å²) in [7, 11) is 0. The summed E-state index contributed by atoms with van der Waals surface area (Å²) in [5, 5.41) is 4.33. The predicted octanol–water partition coefficient (Wildman–Crippen LogP) is 7.74. The van der Waals surface area contributed by atoms with Gasteiger partial charge in [-0.15, -0.1) is 0 Å². The molecule has 0 aromatic heterocycles. The maximum atomic E-state index is 2.50. The number of hydrogen-bond acceptors (Lipinski definition) is 4. The summed E-state index contributed by atoms with van der Waals surface area (Å²) in [5.41, 5.74) is 5.43. The summed E-state index contributed by atoms with van der Waals surface area (Å²) in [6, 6.07) is 17.9. The molecule has 0 N–H and O–H groups in total. The Morgan fingerprint density at radius 2 is 1.74 bits per heavy atom. The molecule has 2 heterocycles. The molecule has 31 heavy (non-hydrogen) atoms. The van der Waals surface area contributed by atoms with Crippen molar-refractivity contribution in [2.24, 2.45) is 0 Å². The van der Waals surface area contributed by atoms with E-state index in [-0.39, 0.29) is 0 Å². The fraction of sp³-hybridized carbons (Fsp3) is 0.259. The lowest BCUT2D eigenvalue weighted by Gasteiger charge is -2.22. The highest BCUT2D eigenvalue weighted by atomic mass is 32.2. The summed E-state index contributed by atoms with van der Waals surface area (Å²) in [6.07, 6.45) is 6.89. The van der Waals surface area contributed by atoms with Crippen LogP contribution in [0.5, 0.6) is 0 Å². The fourth-order valence-electron chi connectivity index (χ4n) is 4.43. The van der Waals surface area contributed by atoms with E-state index in [4.69, 9.17) is 0 Å². The quantitative estimate of drug-likeness (QED) is 0.406. The first-order valence-electron chi connectivity index (χ1n) is 11.0. The summed E-state index contributed by atoms with van der Waals surface area (Å²) in [6.45, 7) is 10.9. The molecule has 3 aromatic carbocycles. The molecule has 5 rings (SSSR count). The molecule has 0 radical (unpaired) electrons. The third kappa shape index (κ3) is 3.56. The van der Waals surface area contributed by atoms with Gasteiger partial charge in [0.25, 0.3) is 0 Å². The highest BCUT2D eigenvalue weighted by Crippen LogP contribution is 2.48. The van der Waals surface area contributed by atoms with Crippen molar-refractivity contribution in [3.63, 3.8) is 0 Å². The minimum absolute atomic E-state index is 0.330. The monoisotopic (exact) mass is 444 g/mol. The Balaban J connectivity index is 1.41. The van der Waals surface area contributed by atoms with Crippen LogP contribution in [-0.4, -0.2) is 18.5 Å². The third-order valence-corrected chi connectivity index (χ3v) is 8.66. The number of allylic oxidation sites excluding steroid dienone is 2. The maximum absolute atomic E-state index is 2.50. The van der Waals surface area contributed by atoms with E-state index < -0.39 is 0 Å². The minimum atomic E-state index is 0.330. The van der Waals surface area contributed by atoms with Gasteiger partial charge in [0.05, 0.1) is 21.8 Å². The van der Waals surface area contributed by atoms with Gasteiger partial charge in [-0.05, 0) is 73.9 Å². The molecule has 0 fully saturated rings. The van der Waals surface area contributed by atoms with E-state index in [9.17, 15) is 0 Å². The second-order valence-electron chi connectivity index (χ2n) is 8.07. The zero-order valence-corrected chi connectivity index (χ0v) is 20.2. The number of fused-ring (bicyclic) bond motifs is 4. The van der Waals surface area contributed by atoms with Crippen molar-refractivity contribution in [1.82, 2.24) is 0 Å². The van der Waals surface area contributed by atoms with Crippen molar-refractivity contribution in [2.75, 3.05) is 22.9 Å². The largest absolute Gasteiger partial charge is 0.355 e. The van der Waals surface area contributed by atoms with E-state index in [1.54, 1.807) is 0 Å². The van der Waals surface area contributed by atoms with Crippen LogP contribution >= 0.6 is 23.5 Å². The fourth-order valence-corrected chi connectivity index (χ4v) is 7.07. The molecule has 0 bridgehead atoms. The number of thioether (sulfide) groups is 2. The summed E-state index contributed by atoms with van der Waals surface area (Å²) < 4.78 is 0. The number of anilines is 2. The Bertz CT molecular complexity index is 1210. The van der Waals surface area contributed by atoms with Gasteiger partial charge in [0.1, 0.15) is 0 Å². The smallest absolute Gasteiger partial charge is 0.0986 e. The van der Waals surface area contributed by atoms with E-state index in [1.807, 2.05) is 23.5 Å². The molecule has 1 atom stereocenters. The van der Waals surface area contributed by atoms with Gasteiger partial charge < -0.3 is 9.80 Å². The molecule has 0 saturated heterocycles. The predicted molar refractivity (Wildman–Crippen MR) is 139 cm³/mol. The number of nitrogens with zero attached hydrogens (tertiary/aromatic N) is 2. The van der Waals surface area contributed by atoms with Gasteiger partial charge in [-0.1, -0.05) is 66.0 Å². The number of hydrogen-bond donors (Lipinski definition) is 0. The topological polar surface area (TPSA) is 6.48 Å². The second kappa shape index (κ2) is 8.33. The van der Waals surface area contributed by atoms with Crippen molar-refractivity contribution in [2.45, 2.75) is 42.9 Å². The van der Waals surface area contributed by atoms with Crippen LogP contribution in [0.4, 0.5) is 11.4 Å². The van der Waals surface area contributed by atoms with E-state index in [1.165, 1.54) is 48.1 Å². The lowest BCUT2D eigenvalue weighted by molar-refractivity contribution is 0.879. The molecular formula is C27H28N2S2. The summed E-state index contributed by atoms with van der Waals surface area (Å²) >= 11 is 3.85. The lowest BCUT2D eigenvalue weighted by atomic mass is 10.1. The molecule has 4 heteroatoms. The van der Waals surface area contributed by atoms with Gasteiger partial charge in [-0.2, -0.15) is 0 Å². The number of likely N-dealkylation sites (N-methyl/N-ethyl adjacent to an activating group) is 1. The molecule has 0 amide bonds. The van der Waals surface area contributed by atoms with Crippen LogP contribution in [0.3, 0.4) is 0 Å². The molecular weight excluding hydrogens is 416 g/mol. The Labute approximate surface area is 194 Å². The van der Waals surface area contributed by atoms with E-state index in [0.29, 0.717) is 5.37 Å². The third-order valence-electron chi connectivity index (χ3n) is 6.23. The number of benzene rings is 3. The first-order chi connectivity index (χ1) is 15.1. The Morgan fingerprint density at radius 3 is 2.55 bits per heavy atom. The Hall–Kier alpha value is -2.30. The standard InChI is InChI=1S/C27H28N2S2/c1-5-28-22-15-14-20-10-7-8-11-21(20)27(22)31-26(28)13-9-12-25-29(6-2)23-16-18(3)19(4)17-24(23)30-25/h7-17,26H,5-6H2,1-4H3/b13-9+,25-12-. The molecule has 2 aliphatic heterocycles.